The third-order valence-corrected chi connectivity index (χ3v) is 5.20. The monoisotopic (exact) mass is 416 g/mol. The van der Waals surface area contributed by atoms with Crippen LogP contribution in [0.15, 0.2) is 28.7 Å². The molecule has 3 heterocycles. The number of anilines is 2. The van der Waals surface area contributed by atoms with Crippen LogP contribution < -0.4 is 15.1 Å². The minimum absolute atomic E-state index is 0. The second-order valence-electron chi connectivity index (χ2n) is 5.80. The van der Waals surface area contributed by atoms with Gasteiger partial charge in [0, 0.05) is 26.2 Å². The average Bonchev–Trinajstić information content (AvgIpc) is 3.16. The van der Waals surface area contributed by atoms with E-state index < -0.39 is 0 Å². The first-order chi connectivity index (χ1) is 11.8. The van der Waals surface area contributed by atoms with Crippen molar-refractivity contribution in [2.45, 2.75) is 13.0 Å². The van der Waals surface area contributed by atoms with Crippen LogP contribution in [0.1, 0.15) is 12.3 Å². The summed E-state index contributed by atoms with van der Waals surface area (Å²) in [5.74, 6) is 0.625. The number of fused-ring (bicyclic) bond motifs is 1. The number of benzene rings is 1. The van der Waals surface area contributed by atoms with Gasteiger partial charge in [0.15, 0.2) is 5.13 Å². The van der Waals surface area contributed by atoms with Crippen LogP contribution in [-0.4, -0.2) is 48.4 Å². The van der Waals surface area contributed by atoms with E-state index in [-0.39, 0.29) is 24.8 Å². The van der Waals surface area contributed by atoms with Crippen LogP contribution in [0.4, 0.5) is 11.1 Å². The molecule has 0 unspecified atom stereocenters. The van der Waals surface area contributed by atoms with E-state index in [0.29, 0.717) is 18.5 Å². The molecule has 1 N–H and O–H groups in total. The maximum atomic E-state index is 5.72. The third kappa shape index (κ3) is 4.37. The number of hydrogen-bond donors (Lipinski definition) is 1. The number of rotatable bonds is 4. The van der Waals surface area contributed by atoms with Crippen molar-refractivity contribution < 1.29 is 4.42 Å². The Kier molecular flexibility index (Phi) is 7.45. The Morgan fingerprint density at radius 3 is 2.65 bits per heavy atom. The fourth-order valence-corrected chi connectivity index (χ4v) is 3.91. The molecular weight excluding hydrogens is 395 g/mol. The second-order valence-corrected chi connectivity index (χ2v) is 6.81. The van der Waals surface area contributed by atoms with Crippen molar-refractivity contribution in [1.82, 2.24) is 20.5 Å². The molecule has 1 aliphatic rings. The summed E-state index contributed by atoms with van der Waals surface area (Å²) in [6, 6.07) is 8.91. The molecule has 26 heavy (non-hydrogen) atoms. The minimum atomic E-state index is 0. The van der Waals surface area contributed by atoms with Crippen molar-refractivity contribution in [3.8, 4) is 0 Å². The van der Waals surface area contributed by atoms with Crippen LogP contribution in [0.3, 0.4) is 0 Å². The molecule has 7 nitrogen and oxygen atoms in total. The van der Waals surface area contributed by atoms with Crippen molar-refractivity contribution in [1.29, 1.82) is 0 Å². The lowest BCUT2D eigenvalue weighted by molar-refractivity contribution is 0.472. The smallest absolute Gasteiger partial charge is 0.318 e. The highest BCUT2D eigenvalue weighted by Gasteiger charge is 2.21. The third-order valence-electron chi connectivity index (χ3n) is 4.10. The summed E-state index contributed by atoms with van der Waals surface area (Å²) in [5.41, 5.74) is 1.08. The lowest BCUT2D eigenvalue weighted by Gasteiger charge is -2.19. The molecule has 0 amide bonds. The Hall–Kier alpha value is -1.61. The highest BCUT2D eigenvalue weighted by atomic mass is 35.5. The highest BCUT2D eigenvalue weighted by molar-refractivity contribution is 7.22. The first kappa shape index (κ1) is 20.7. The van der Waals surface area contributed by atoms with Gasteiger partial charge >= 0.3 is 6.01 Å². The van der Waals surface area contributed by atoms with Crippen LogP contribution in [-0.2, 0) is 6.54 Å². The van der Waals surface area contributed by atoms with Crippen LogP contribution in [0.25, 0.3) is 10.2 Å². The van der Waals surface area contributed by atoms with E-state index in [4.69, 9.17) is 9.40 Å². The maximum absolute atomic E-state index is 5.72. The molecule has 0 aliphatic carbocycles. The molecule has 142 valence electrons. The minimum Gasteiger partial charge on any atom is -0.407 e. The molecule has 2 aromatic heterocycles. The Morgan fingerprint density at radius 1 is 1.08 bits per heavy atom. The largest absolute Gasteiger partial charge is 0.407 e. The van der Waals surface area contributed by atoms with E-state index in [0.717, 1.165) is 43.2 Å². The molecular formula is C16H22Cl2N6OS. The van der Waals surface area contributed by atoms with E-state index in [2.05, 4.69) is 43.5 Å². The Bertz CT molecular complexity index is 793. The number of nitrogens with one attached hydrogen (secondary N) is 1. The van der Waals surface area contributed by atoms with E-state index in [9.17, 15) is 0 Å². The molecule has 0 saturated carbocycles. The predicted octanol–water partition coefficient (Wildman–Crippen LogP) is 2.96. The number of aromatic nitrogens is 3. The lowest BCUT2D eigenvalue weighted by atomic mass is 10.3. The molecule has 10 heteroatoms. The van der Waals surface area contributed by atoms with Gasteiger partial charge in [-0.15, -0.1) is 29.9 Å². The molecule has 1 aliphatic heterocycles. The lowest BCUT2D eigenvalue weighted by Crippen LogP contribution is -2.30. The molecule has 0 bridgehead atoms. The standard InChI is InChI=1S/C16H20N6OS.2ClH/c1-17-11-14-19-20-15(23-14)21-7-4-8-22(10-9-21)16-18-12-5-2-3-6-13(12)24-16;;/h2-3,5-6,17H,4,7-11H2,1H3;2*1H. The van der Waals surface area contributed by atoms with Gasteiger partial charge < -0.3 is 19.5 Å². The Morgan fingerprint density at radius 2 is 1.85 bits per heavy atom. The van der Waals surface area contributed by atoms with Crippen LogP contribution >= 0.6 is 36.2 Å². The topological polar surface area (TPSA) is 70.3 Å². The van der Waals surface area contributed by atoms with Gasteiger partial charge in [-0.1, -0.05) is 28.6 Å². The van der Waals surface area contributed by atoms with Gasteiger partial charge in [-0.3, -0.25) is 0 Å². The summed E-state index contributed by atoms with van der Waals surface area (Å²) in [6.07, 6.45) is 1.04. The first-order valence-electron chi connectivity index (χ1n) is 8.16. The van der Waals surface area contributed by atoms with Crippen molar-refractivity contribution >= 4 is 57.5 Å². The summed E-state index contributed by atoms with van der Waals surface area (Å²) >= 11 is 1.76. The summed E-state index contributed by atoms with van der Waals surface area (Å²) in [7, 11) is 1.87. The van der Waals surface area contributed by atoms with Crippen LogP contribution in [0, 0.1) is 0 Å². The predicted molar refractivity (Wildman–Crippen MR) is 110 cm³/mol. The van der Waals surface area contributed by atoms with Gasteiger partial charge in [-0.05, 0) is 25.6 Å². The zero-order valence-corrected chi connectivity index (χ0v) is 16.9. The van der Waals surface area contributed by atoms with E-state index >= 15 is 0 Å². The summed E-state index contributed by atoms with van der Waals surface area (Å²) in [5, 5.41) is 12.4. The number of hydrogen-bond acceptors (Lipinski definition) is 8. The first-order valence-corrected chi connectivity index (χ1v) is 8.97. The number of nitrogens with zero attached hydrogens (tertiary/aromatic N) is 5. The van der Waals surface area contributed by atoms with Crippen molar-refractivity contribution in [3.05, 3.63) is 30.2 Å². The SMILES string of the molecule is CNCc1nnc(N2CCCN(c3nc4ccccc4s3)CC2)o1.Cl.Cl. The highest BCUT2D eigenvalue weighted by Crippen LogP contribution is 2.29. The van der Waals surface area contributed by atoms with E-state index in [1.807, 2.05) is 13.1 Å². The quantitative estimate of drug-likeness (QED) is 0.700. The molecule has 0 radical (unpaired) electrons. The summed E-state index contributed by atoms with van der Waals surface area (Å²) in [6.45, 7) is 4.27. The number of halogens is 2. The summed E-state index contributed by atoms with van der Waals surface area (Å²) in [4.78, 5) is 9.29. The maximum Gasteiger partial charge on any atom is 0.318 e. The van der Waals surface area contributed by atoms with E-state index in [1.165, 1.54) is 4.70 Å². The Labute approximate surface area is 168 Å². The van der Waals surface area contributed by atoms with Crippen LogP contribution in [0.2, 0.25) is 0 Å². The van der Waals surface area contributed by atoms with Gasteiger partial charge in [-0.25, -0.2) is 4.98 Å². The van der Waals surface area contributed by atoms with Crippen LogP contribution in [0.5, 0.6) is 0 Å². The summed E-state index contributed by atoms with van der Waals surface area (Å²) < 4.78 is 6.96. The second kappa shape index (κ2) is 9.36. The zero-order chi connectivity index (χ0) is 16.4. The molecule has 1 saturated heterocycles. The van der Waals surface area contributed by atoms with E-state index in [1.54, 1.807) is 11.3 Å². The van der Waals surface area contributed by atoms with Gasteiger partial charge in [0.25, 0.3) is 0 Å². The van der Waals surface area contributed by atoms with Gasteiger partial charge in [-0.2, -0.15) is 0 Å². The average molecular weight is 417 g/mol. The molecule has 0 atom stereocenters. The normalized spacial score (nSPS) is 14.7. The molecule has 1 fully saturated rings. The van der Waals surface area contributed by atoms with Gasteiger partial charge in [0.05, 0.1) is 16.8 Å². The van der Waals surface area contributed by atoms with Gasteiger partial charge in [0.1, 0.15) is 0 Å². The zero-order valence-electron chi connectivity index (χ0n) is 14.4. The Balaban J connectivity index is 0.00000121. The molecule has 3 aromatic rings. The van der Waals surface area contributed by atoms with Crippen molar-refractivity contribution in [2.75, 3.05) is 43.0 Å². The molecule has 4 rings (SSSR count). The fraction of sp³-hybridized carbons (Fsp3) is 0.438. The fourth-order valence-electron chi connectivity index (χ4n) is 2.89. The van der Waals surface area contributed by atoms with Gasteiger partial charge in [0.2, 0.25) is 5.89 Å². The van der Waals surface area contributed by atoms with Crippen molar-refractivity contribution in [2.24, 2.45) is 0 Å². The van der Waals surface area contributed by atoms with Crippen molar-refractivity contribution in [3.63, 3.8) is 0 Å². The molecule has 0 spiro atoms. The number of thiazole rings is 1. The number of para-hydroxylation sites is 1. The molecule has 1 aromatic carbocycles.